The Morgan fingerprint density at radius 3 is 2.73 bits per heavy atom. The van der Waals surface area contributed by atoms with E-state index in [0.29, 0.717) is 13.5 Å². The number of hydrogen-bond donors (Lipinski definition) is 0. The highest BCUT2D eigenvalue weighted by Gasteiger charge is 2.19. The average molecular weight is 218 g/mol. The Hall–Kier alpha value is -0.550. The zero-order valence-electron chi connectivity index (χ0n) is 6.12. The number of nitrogens with zero attached hydrogens (tertiary/aromatic N) is 3. The smallest absolute Gasteiger partial charge is 0.209 e. The van der Waals surface area contributed by atoms with Gasteiger partial charge in [-0.25, -0.2) is 4.98 Å². The third-order valence-corrected chi connectivity index (χ3v) is 2.42. The summed E-state index contributed by atoms with van der Waals surface area (Å²) in [5, 5.41) is 0. The van der Waals surface area contributed by atoms with Gasteiger partial charge in [-0.1, -0.05) is 0 Å². The first-order valence-corrected chi connectivity index (χ1v) is 4.08. The molecule has 60 valence electrons. The molecule has 1 aromatic heterocycles. The van der Waals surface area contributed by atoms with Crippen LogP contribution < -0.4 is 4.90 Å². The van der Waals surface area contributed by atoms with Gasteiger partial charge in [-0.2, -0.15) is 0 Å². The summed E-state index contributed by atoms with van der Waals surface area (Å²) in [6, 6.07) is 0. The van der Waals surface area contributed by atoms with Crippen molar-refractivity contribution in [2.45, 2.75) is 0 Å². The van der Waals surface area contributed by atoms with Crippen molar-refractivity contribution in [1.82, 2.24) is 9.55 Å². The van der Waals surface area contributed by atoms with Crippen LogP contribution in [0.3, 0.4) is 0 Å². The molecule has 1 saturated heterocycles. The van der Waals surface area contributed by atoms with E-state index < -0.39 is 0 Å². The Kier molecular flexibility index (Phi) is 1.61. The van der Waals surface area contributed by atoms with Crippen molar-refractivity contribution >= 4 is 21.9 Å². The molecule has 0 aliphatic carbocycles. The van der Waals surface area contributed by atoms with Gasteiger partial charge in [-0.05, 0) is 15.9 Å². The summed E-state index contributed by atoms with van der Waals surface area (Å²) in [6.45, 7) is 1.30. The van der Waals surface area contributed by atoms with Crippen molar-refractivity contribution in [2.24, 2.45) is 7.05 Å². The summed E-state index contributed by atoms with van der Waals surface area (Å²) in [4.78, 5) is 6.25. The minimum Gasteiger partial charge on any atom is -0.340 e. The molecule has 0 aromatic carbocycles. The topological polar surface area (TPSA) is 30.3 Å². The molecule has 0 atom stereocenters. The summed E-state index contributed by atoms with van der Waals surface area (Å²) < 4.78 is 7.97. The Bertz CT molecular complexity index is 269. The summed E-state index contributed by atoms with van der Waals surface area (Å²) in [5.74, 6) is 0.947. The quantitative estimate of drug-likeness (QED) is 0.702. The molecular formula is C6H8BrN3O. The Balaban J connectivity index is 2.29. The molecule has 0 spiro atoms. The number of rotatable bonds is 1. The summed E-state index contributed by atoms with van der Waals surface area (Å²) in [5.41, 5.74) is 0. The Morgan fingerprint density at radius 2 is 2.36 bits per heavy atom. The van der Waals surface area contributed by atoms with E-state index in [4.69, 9.17) is 4.74 Å². The molecule has 0 amide bonds. The fourth-order valence-corrected chi connectivity index (χ4v) is 1.23. The van der Waals surface area contributed by atoms with Gasteiger partial charge in [-0.15, -0.1) is 0 Å². The van der Waals surface area contributed by atoms with E-state index >= 15 is 0 Å². The first kappa shape index (κ1) is 7.12. The number of ether oxygens (including phenoxy) is 1. The summed E-state index contributed by atoms with van der Waals surface area (Å²) >= 11 is 3.37. The lowest BCUT2D eigenvalue weighted by Gasteiger charge is -2.31. The van der Waals surface area contributed by atoms with E-state index in [1.807, 2.05) is 16.5 Å². The molecule has 11 heavy (non-hydrogen) atoms. The van der Waals surface area contributed by atoms with E-state index in [1.165, 1.54) is 0 Å². The van der Waals surface area contributed by atoms with Crippen LogP contribution in [0.4, 0.5) is 5.95 Å². The van der Waals surface area contributed by atoms with Crippen LogP contribution in [-0.4, -0.2) is 23.0 Å². The maximum Gasteiger partial charge on any atom is 0.209 e. The molecule has 1 aromatic rings. The first-order chi connectivity index (χ1) is 5.29. The lowest BCUT2D eigenvalue weighted by atomic mass is 10.7. The van der Waals surface area contributed by atoms with Gasteiger partial charge >= 0.3 is 0 Å². The van der Waals surface area contributed by atoms with E-state index in [2.05, 4.69) is 20.9 Å². The minimum absolute atomic E-state index is 0.650. The Labute approximate surface area is 72.9 Å². The molecule has 5 heteroatoms. The molecule has 1 fully saturated rings. The maximum absolute atomic E-state index is 5.01. The molecule has 4 nitrogen and oxygen atoms in total. The predicted molar refractivity (Wildman–Crippen MR) is 44.2 cm³/mol. The summed E-state index contributed by atoms with van der Waals surface area (Å²) in [7, 11) is 1.96. The zero-order chi connectivity index (χ0) is 7.84. The molecule has 2 heterocycles. The van der Waals surface area contributed by atoms with Crippen LogP contribution in [0.15, 0.2) is 10.8 Å². The molecular weight excluding hydrogens is 210 g/mol. The van der Waals surface area contributed by atoms with Crippen LogP contribution in [0.1, 0.15) is 0 Å². The molecule has 0 N–H and O–H groups in total. The van der Waals surface area contributed by atoms with Gasteiger partial charge in [0.25, 0.3) is 0 Å². The van der Waals surface area contributed by atoms with Crippen molar-refractivity contribution in [3.63, 3.8) is 0 Å². The standard InChI is InChI=1S/C6H8BrN3O/c1-9-5(7)2-8-6(9)10-3-11-4-10/h2H,3-4H2,1H3. The highest BCUT2D eigenvalue weighted by Crippen LogP contribution is 2.20. The monoisotopic (exact) mass is 217 g/mol. The van der Waals surface area contributed by atoms with Crippen molar-refractivity contribution in [3.05, 3.63) is 10.8 Å². The molecule has 0 bridgehead atoms. The van der Waals surface area contributed by atoms with Gasteiger partial charge in [-0.3, -0.25) is 4.90 Å². The lowest BCUT2D eigenvalue weighted by molar-refractivity contribution is 0.0378. The van der Waals surface area contributed by atoms with Gasteiger partial charge in [0.15, 0.2) is 0 Å². The van der Waals surface area contributed by atoms with E-state index in [9.17, 15) is 0 Å². The molecule has 1 aliphatic rings. The lowest BCUT2D eigenvalue weighted by Crippen LogP contribution is -2.41. The number of hydrogen-bond acceptors (Lipinski definition) is 3. The van der Waals surface area contributed by atoms with Crippen LogP contribution >= 0.6 is 15.9 Å². The number of imidazole rings is 1. The average Bonchev–Trinajstić information content (AvgIpc) is 2.15. The van der Waals surface area contributed by atoms with Gasteiger partial charge in [0.1, 0.15) is 18.1 Å². The molecule has 1 aliphatic heterocycles. The van der Waals surface area contributed by atoms with Crippen LogP contribution in [0.25, 0.3) is 0 Å². The fraction of sp³-hybridized carbons (Fsp3) is 0.500. The van der Waals surface area contributed by atoms with Crippen molar-refractivity contribution < 1.29 is 4.74 Å². The second kappa shape index (κ2) is 2.49. The SMILES string of the molecule is Cn1c(Br)cnc1N1COC1. The largest absolute Gasteiger partial charge is 0.340 e. The second-order valence-electron chi connectivity index (χ2n) is 2.44. The van der Waals surface area contributed by atoms with E-state index in [-0.39, 0.29) is 0 Å². The summed E-state index contributed by atoms with van der Waals surface area (Å²) in [6.07, 6.45) is 1.79. The number of anilines is 1. The number of aromatic nitrogens is 2. The van der Waals surface area contributed by atoms with Crippen molar-refractivity contribution in [1.29, 1.82) is 0 Å². The molecule has 0 radical (unpaired) electrons. The van der Waals surface area contributed by atoms with Gasteiger partial charge in [0.2, 0.25) is 5.95 Å². The van der Waals surface area contributed by atoms with Crippen LogP contribution in [0, 0.1) is 0 Å². The maximum atomic E-state index is 5.01. The number of halogens is 1. The molecule has 0 unspecified atom stereocenters. The highest BCUT2D eigenvalue weighted by atomic mass is 79.9. The van der Waals surface area contributed by atoms with E-state index in [0.717, 1.165) is 10.6 Å². The van der Waals surface area contributed by atoms with Gasteiger partial charge in [0.05, 0.1) is 6.20 Å². The predicted octanol–water partition coefficient (Wildman–Crippen LogP) is 0.934. The zero-order valence-corrected chi connectivity index (χ0v) is 7.71. The first-order valence-electron chi connectivity index (χ1n) is 3.29. The van der Waals surface area contributed by atoms with Gasteiger partial charge < -0.3 is 9.30 Å². The molecule has 2 rings (SSSR count). The molecule has 0 saturated carbocycles. The normalized spacial score (nSPS) is 16.7. The minimum atomic E-state index is 0.650. The van der Waals surface area contributed by atoms with Gasteiger partial charge in [0, 0.05) is 7.05 Å². The fourth-order valence-electron chi connectivity index (χ4n) is 0.972. The Morgan fingerprint density at radius 1 is 1.64 bits per heavy atom. The third kappa shape index (κ3) is 1.04. The van der Waals surface area contributed by atoms with Crippen LogP contribution in [0.2, 0.25) is 0 Å². The van der Waals surface area contributed by atoms with Crippen LogP contribution in [-0.2, 0) is 11.8 Å². The van der Waals surface area contributed by atoms with Crippen molar-refractivity contribution in [2.75, 3.05) is 18.4 Å². The van der Waals surface area contributed by atoms with E-state index in [1.54, 1.807) is 6.20 Å². The third-order valence-electron chi connectivity index (χ3n) is 1.68. The second-order valence-corrected chi connectivity index (χ2v) is 3.25. The van der Waals surface area contributed by atoms with Crippen LogP contribution in [0.5, 0.6) is 0 Å². The highest BCUT2D eigenvalue weighted by molar-refractivity contribution is 9.10. The van der Waals surface area contributed by atoms with Crippen molar-refractivity contribution in [3.8, 4) is 0 Å².